The average Bonchev–Trinajstić information content (AvgIpc) is 2.92. The molecule has 2 rings (SSSR count). The van der Waals surface area contributed by atoms with Gasteiger partial charge in [-0.15, -0.1) is 11.3 Å². The van der Waals surface area contributed by atoms with Crippen molar-refractivity contribution in [1.82, 2.24) is 10.3 Å². The molecule has 0 unspecified atom stereocenters. The Kier molecular flexibility index (Phi) is 3.93. The Hall–Kier alpha value is -1.77. The number of nitrogens with one attached hydrogen (secondary N) is 1. The van der Waals surface area contributed by atoms with Crippen LogP contribution in [0.5, 0.6) is 0 Å². The molecule has 0 aliphatic heterocycles. The van der Waals surface area contributed by atoms with Crippen LogP contribution in [-0.2, 0) is 12.1 Å². The Labute approximate surface area is 115 Å². The molecule has 5 heteroatoms. The summed E-state index contributed by atoms with van der Waals surface area (Å²) in [6.45, 7) is 4.35. The summed E-state index contributed by atoms with van der Waals surface area (Å²) in [7, 11) is 0. The Morgan fingerprint density at radius 1 is 1.47 bits per heavy atom. The molecular weight excluding hydrogens is 261 g/mol. The number of nitriles is 1. The minimum absolute atomic E-state index is 0.0753. The first-order valence-electron chi connectivity index (χ1n) is 5.87. The normalized spacial score (nSPS) is 11.3. The monoisotopic (exact) mass is 275 g/mol. The van der Waals surface area contributed by atoms with E-state index in [1.54, 1.807) is 29.7 Å². The van der Waals surface area contributed by atoms with E-state index >= 15 is 0 Å². The minimum Gasteiger partial charge on any atom is -0.302 e. The van der Waals surface area contributed by atoms with Crippen molar-refractivity contribution in [3.8, 4) is 6.07 Å². The molecule has 1 heterocycles. The number of hydrogen-bond donors (Lipinski definition) is 1. The molecule has 19 heavy (non-hydrogen) atoms. The van der Waals surface area contributed by atoms with E-state index in [1.807, 2.05) is 25.3 Å². The molecule has 0 spiro atoms. The van der Waals surface area contributed by atoms with Gasteiger partial charge in [0.1, 0.15) is 16.9 Å². The van der Waals surface area contributed by atoms with Crippen molar-refractivity contribution in [3.63, 3.8) is 0 Å². The molecule has 0 aliphatic carbocycles. The molecule has 0 saturated heterocycles. The first-order chi connectivity index (χ1) is 9.04. The number of halogens is 1. The molecule has 2 aromatic rings. The van der Waals surface area contributed by atoms with E-state index in [1.165, 1.54) is 6.07 Å². The number of aromatic nitrogens is 1. The molecule has 0 atom stereocenters. The van der Waals surface area contributed by atoms with Crippen molar-refractivity contribution in [3.05, 3.63) is 51.7 Å². The van der Waals surface area contributed by atoms with E-state index < -0.39 is 5.82 Å². The average molecular weight is 275 g/mol. The summed E-state index contributed by atoms with van der Waals surface area (Å²) in [6.07, 6.45) is 1.75. The Morgan fingerprint density at radius 2 is 2.26 bits per heavy atom. The van der Waals surface area contributed by atoms with Crippen molar-refractivity contribution in [2.24, 2.45) is 0 Å². The molecule has 0 saturated carbocycles. The molecule has 0 aliphatic rings. The van der Waals surface area contributed by atoms with Gasteiger partial charge in [0.25, 0.3) is 0 Å². The zero-order chi connectivity index (χ0) is 13.9. The summed E-state index contributed by atoms with van der Waals surface area (Å²) < 4.78 is 13.9. The highest BCUT2D eigenvalue weighted by Crippen LogP contribution is 2.23. The third kappa shape index (κ3) is 2.98. The first kappa shape index (κ1) is 13.7. The highest BCUT2D eigenvalue weighted by Gasteiger charge is 2.23. The first-order valence-corrected chi connectivity index (χ1v) is 6.75. The quantitative estimate of drug-likeness (QED) is 0.932. The minimum atomic E-state index is -0.451. The molecule has 0 bridgehead atoms. The summed E-state index contributed by atoms with van der Waals surface area (Å²) in [5, 5.41) is 14.9. The maximum absolute atomic E-state index is 13.9. The lowest BCUT2D eigenvalue weighted by atomic mass is 10.0. The SMILES string of the molecule is CC(C)(NCc1cccc(C#N)c1F)c1nccs1. The van der Waals surface area contributed by atoms with Crippen molar-refractivity contribution in [2.75, 3.05) is 0 Å². The Balaban J connectivity index is 2.14. The third-order valence-electron chi connectivity index (χ3n) is 2.89. The second kappa shape index (κ2) is 5.47. The summed E-state index contributed by atoms with van der Waals surface area (Å²) in [5.74, 6) is -0.451. The van der Waals surface area contributed by atoms with Gasteiger partial charge in [-0.3, -0.25) is 0 Å². The van der Waals surface area contributed by atoms with Gasteiger partial charge in [-0.1, -0.05) is 12.1 Å². The molecule has 98 valence electrons. The fourth-order valence-electron chi connectivity index (χ4n) is 1.73. The lowest BCUT2D eigenvalue weighted by molar-refractivity contribution is 0.394. The fourth-order valence-corrected chi connectivity index (χ4v) is 2.47. The van der Waals surface area contributed by atoms with Crippen molar-refractivity contribution < 1.29 is 4.39 Å². The van der Waals surface area contributed by atoms with Gasteiger partial charge >= 0.3 is 0 Å². The Morgan fingerprint density at radius 3 is 2.89 bits per heavy atom. The number of benzene rings is 1. The van der Waals surface area contributed by atoms with Crippen LogP contribution in [0, 0.1) is 17.1 Å². The third-order valence-corrected chi connectivity index (χ3v) is 3.98. The molecule has 0 amide bonds. The van der Waals surface area contributed by atoms with E-state index in [0.717, 1.165) is 5.01 Å². The van der Waals surface area contributed by atoms with E-state index in [9.17, 15) is 4.39 Å². The van der Waals surface area contributed by atoms with E-state index in [2.05, 4.69) is 10.3 Å². The van der Waals surface area contributed by atoms with E-state index in [-0.39, 0.29) is 11.1 Å². The van der Waals surface area contributed by atoms with Crippen LogP contribution in [0.15, 0.2) is 29.8 Å². The zero-order valence-electron chi connectivity index (χ0n) is 10.8. The summed E-state index contributed by atoms with van der Waals surface area (Å²) in [4.78, 5) is 4.27. The van der Waals surface area contributed by atoms with Gasteiger partial charge in [0, 0.05) is 23.7 Å². The van der Waals surface area contributed by atoms with Gasteiger partial charge in [-0.05, 0) is 19.9 Å². The van der Waals surface area contributed by atoms with Crippen LogP contribution in [0.2, 0.25) is 0 Å². The van der Waals surface area contributed by atoms with E-state index in [4.69, 9.17) is 5.26 Å². The highest BCUT2D eigenvalue weighted by molar-refractivity contribution is 7.09. The lowest BCUT2D eigenvalue weighted by Gasteiger charge is -2.24. The molecule has 3 nitrogen and oxygen atoms in total. The van der Waals surface area contributed by atoms with Gasteiger partial charge in [0.15, 0.2) is 0 Å². The predicted octanol–water partition coefficient (Wildman–Crippen LogP) is 3.18. The molecule has 1 aromatic carbocycles. The van der Waals surface area contributed by atoms with Crippen LogP contribution in [0.1, 0.15) is 30.0 Å². The van der Waals surface area contributed by atoms with Crippen LogP contribution >= 0.6 is 11.3 Å². The molecule has 0 radical (unpaired) electrons. The van der Waals surface area contributed by atoms with Gasteiger partial charge in [-0.25, -0.2) is 9.37 Å². The zero-order valence-corrected chi connectivity index (χ0v) is 11.6. The number of nitrogens with zero attached hydrogens (tertiary/aromatic N) is 2. The summed E-state index contributed by atoms with van der Waals surface area (Å²) in [6, 6.07) is 6.70. The fraction of sp³-hybridized carbons (Fsp3) is 0.286. The number of thiazole rings is 1. The maximum atomic E-state index is 13.9. The molecule has 1 aromatic heterocycles. The smallest absolute Gasteiger partial charge is 0.145 e. The second-order valence-corrected chi connectivity index (χ2v) is 5.60. The summed E-state index contributed by atoms with van der Waals surface area (Å²) >= 11 is 1.56. The number of hydrogen-bond acceptors (Lipinski definition) is 4. The summed E-state index contributed by atoms with van der Waals surface area (Å²) in [5.41, 5.74) is 0.235. The van der Waals surface area contributed by atoms with Gasteiger partial charge in [-0.2, -0.15) is 5.26 Å². The van der Waals surface area contributed by atoms with Crippen LogP contribution < -0.4 is 5.32 Å². The van der Waals surface area contributed by atoms with Crippen LogP contribution in [0.3, 0.4) is 0 Å². The highest BCUT2D eigenvalue weighted by atomic mass is 32.1. The maximum Gasteiger partial charge on any atom is 0.145 e. The van der Waals surface area contributed by atoms with Crippen LogP contribution in [0.4, 0.5) is 4.39 Å². The van der Waals surface area contributed by atoms with Crippen LogP contribution in [0.25, 0.3) is 0 Å². The van der Waals surface area contributed by atoms with Gasteiger partial charge in [0.2, 0.25) is 0 Å². The van der Waals surface area contributed by atoms with Gasteiger partial charge < -0.3 is 5.32 Å². The predicted molar refractivity (Wildman–Crippen MR) is 73.1 cm³/mol. The second-order valence-electron chi connectivity index (χ2n) is 4.71. The molecule has 1 N–H and O–H groups in total. The standard InChI is InChI=1S/C14H14FN3S/c1-14(2,13-17-6-7-19-13)18-9-11-5-3-4-10(8-16)12(11)15/h3-7,18H,9H2,1-2H3. The number of rotatable bonds is 4. The van der Waals surface area contributed by atoms with Crippen molar-refractivity contribution >= 4 is 11.3 Å². The molecule has 0 fully saturated rings. The molecular formula is C14H14FN3S. The van der Waals surface area contributed by atoms with Crippen LogP contribution in [-0.4, -0.2) is 4.98 Å². The largest absolute Gasteiger partial charge is 0.302 e. The van der Waals surface area contributed by atoms with Gasteiger partial charge in [0.05, 0.1) is 11.1 Å². The Bertz CT molecular complexity index is 600. The van der Waals surface area contributed by atoms with Crippen molar-refractivity contribution in [1.29, 1.82) is 5.26 Å². The lowest BCUT2D eigenvalue weighted by Crippen LogP contribution is -2.36. The van der Waals surface area contributed by atoms with Crippen molar-refractivity contribution in [2.45, 2.75) is 25.9 Å². The topological polar surface area (TPSA) is 48.7 Å². The van der Waals surface area contributed by atoms with E-state index in [0.29, 0.717) is 12.1 Å².